The van der Waals surface area contributed by atoms with Crippen molar-refractivity contribution in [2.75, 3.05) is 13.2 Å². The van der Waals surface area contributed by atoms with E-state index in [1.807, 2.05) is 20.8 Å². The number of amides is 1. The molecule has 0 aliphatic rings. The van der Waals surface area contributed by atoms with Gasteiger partial charge in [0, 0.05) is 6.54 Å². The molecule has 0 aliphatic heterocycles. The molecule has 1 aromatic heterocycles. The van der Waals surface area contributed by atoms with Crippen LogP contribution in [0.3, 0.4) is 0 Å². The van der Waals surface area contributed by atoms with Gasteiger partial charge in [0.25, 0.3) is 0 Å². The highest BCUT2D eigenvalue weighted by atomic mass is 16.6. The number of alkyl carbamates (subject to hydrolysis) is 1. The number of carbonyl (C=O) groups excluding carboxylic acids is 1. The lowest BCUT2D eigenvalue weighted by Gasteiger charge is -2.22. The minimum absolute atomic E-state index is 0.200. The summed E-state index contributed by atoms with van der Waals surface area (Å²) in [7, 11) is 0. The summed E-state index contributed by atoms with van der Waals surface area (Å²) in [6, 6.07) is -0.456. The molecule has 0 saturated carbocycles. The topological polar surface area (TPSA) is 114 Å². The molecular formula is C14H28N6O3. The van der Waals surface area contributed by atoms with Crippen LogP contribution < -0.4 is 10.6 Å². The van der Waals surface area contributed by atoms with E-state index >= 15 is 0 Å². The van der Waals surface area contributed by atoms with Crippen LogP contribution in [-0.2, 0) is 16.8 Å². The van der Waals surface area contributed by atoms with Crippen molar-refractivity contribution in [3.05, 3.63) is 5.82 Å². The van der Waals surface area contributed by atoms with Gasteiger partial charge < -0.3 is 20.5 Å². The highest BCUT2D eigenvalue weighted by Crippen LogP contribution is 2.09. The SMILES string of the molecule is CC(C)(C)OC(=O)NC(CO)CNCc1nnn(C(C)(C)C)n1. The summed E-state index contributed by atoms with van der Waals surface area (Å²) in [5.41, 5.74) is -0.802. The molecule has 1 unspecified atom stereocenters. The molecule has 0 fully saturated rings. The van der Waals surface area contributed by atoms with Crippen molar-refractivity contribution in [3.63, 3.8) is 0 Å². The molecule has 1 aromatic rings. The van der Waals surface area contributed by atoms with Crippen LogP contribution in [0.5, 0.6) is 0 Å². The number of ether oxygens (including phenoxy) is 1. The molecule has 0 spiro atoms. The van der Waals surface area contributed by atoms with E-state index in [4.69, 9.17) is 4.74 Å². The van der Waals surface area contributed by atoms with Crippen molar-refractivity contribution in [1.82, 2.24) is 30.8 Å². The maximum Gasteiger partial charge on any atom is 0.407 e. The fraction of sp³-hybridized carbons (Fsp3) is 0.857. The van der Waals surface area contributed by atoms with E-state index in [-0.39, 0.29) is 12.1 Å². The van der Waals surface area contributed by atoms with E-state index in [1.54, 1.807) is 25.6 Å². The number of tetrazole rings is 1. The van der Waals surface area contributed by atoms with E-state index < -0.39 is 17.7 Å². The zero-order chi connectivity index (χ0) is 17.7. The number of nitrogens with one attached hydrogen (secondary N) is 2. The lowest BCUT2D eigenvalue weighted by Crippen LogP contribution is -2.46. The number of aliphatic hydroxyl groups excluding tert-OH is 1. The minimum atomic E-state index is -0.576. The van der Waals surface area contributed by atoms with Gasteiger partial charge in [-0.1, -0.05) is 0 Å². The number of carbonyl (C=O) groups is 1. The number of aromatic nitrogens is 4. The first-order chi connectivity index (χ1) is 10.5. The maximum atomic E-state index is 11.7. The van der Waals surface area contributed by atoms with Crippen molar-refractivity contribution in [1.29, 1.82) is 0 Å². The largest absolute Gasteiger partial charge is 0.444 e. The van der Waals surface area contributed by atoms with Crippen LogP contribution >= 0.6 is 0 Å². The van der Waals surface area contributed by atoms with Gasteiger partial charge in [-0.15, -0.1) is 10.2 Å². The van der Waals surface area contributed by atoms with E-state index in [0.29, 0.717) is 18.9 Å². The molecule has 0 aromatic carbocycles. The molecule has 1 amide bonds. The number of aliphatic hydroxyl groups is 1. The molecule has 9 nitrogen and oxygen atoms in total. The van der Waals surface area contributed by atoms with Crippen LogP contribution in [0.2, 0.25) is 0 Å². The Kier molecular flexibility index (Phi) is 6.46. The lowest BCUT2D eigenvalue weighted by atomic mass is 10.1. The molecule has 0 saturated heterocycles. The van der Waals surface area contributed by atoms with Gasteiger partial charge in [-0.2, -0.15) is 4.80 Å². The molecule has 23 heavy (non-hydrogen) atoms. The highest BCUT2D eigenvalue weighted by Gasteiger charge is 2.20. The molecule has 132 valence electrons. The molecule has 0 bridgehead atoms. The molecule has 1 atom stereocenters. The van der Waals surface area contributed by atoms with Gasteiger partial charge in [0.2, 0.25) is 0 Å². The van der Waals surface area contributed by atoms with Gasteiger partial charge in [0.15, 0.2) is 5.82 Å². The fourth-order valence-electron chi connectivity index (χ4n) is 1.59. The van der Waals surface area contributed by atoms with Gasteiger partial charge >= 0.3 is 6.09 Å². The van der Waals surface area contributed by atoms with Gasteiger partial charge in [-0.3, -0.25) is 0 Å². The third-order valence-corrected chi connectivity index (χ3v) is 2.67. The van der Waals surface area contributed by atoms with Crippen LogP contribution in [-0.4, -0.2) is 56.2 Å². The maximum absolute atomic E-state index is 11.7. The predicted molar refractivity (Wildman–Crippen MR) is 84.8 cm³/mol. The lowest BCUT2D eigenvalue weighted by molar-refractivity contribution is 0.0482. The first-order valence-corrected chi connectivity index (χ1v) is 7.62. The molecule has 0 radical (unpaired) electrons. The van der Waals surface area contributed by atoms with Crippen LogP contribution in [0.4, 0.5) is 4.79 Å². The second-order valence-electron chi connectivity index (χ2n) is 7.32. The monoisotopic (exact) mass is 328 g/mol. The summed E-state index contributed by atoms with van der Waals surface area (Å²) < 4.78 is 5.15. The second kappa shape index (κ2) is 7.69. The summed E-state index contributed by atoms with van der Waals surface area (Å²) in [6.07, 6.45) is -0.560. The fourth-order valence-corrected chi connectivity index (χ4v) is 1.59. The number of rotatable bonds is 6. The zero-order valence-electron chi connectivity index (χ0n) is 14.8. The Hall–Kier alpha value is -1.74. The zero-order valence-corrected chi connectivity index (χ0v) is 14.8. The third-order valence-electron chi connectivity index (χ3n) is 2.67. The molecule has 3 N–H and O–H groups in total. The van der Waals surface area contributed by atoms with Gasteiger partial charge in [0.05, 0.1) is 24.7 Å². The number of hydrogen-bond donors (Lipinski definition) is 3. The predicted octanol–water partition coefficient (Wildman–Crippen LogP) is 0.403. The molecule has 0 aliphatic carbocycles. The Bertz CT molecular complexity index is 503. The highest BCUT2D eigenvalue weighted by molar-refractivity contribution is 5.68. The normalized spacial score (nSPS) is 13.7. The molecule has 1 heterocycles. The van der Waals surface area contributed by atoms with E-state index in [2.05, 4.69) is 26.0 Å². The molecular weight excluding hydrogens is 300 g/mol. The minimum Gasteiger partial charge on any atom is -0.444 e. The Morgan fingerprint density at radius 3 is 2.43 bits per heavy atom. The Balaban J connectivity index is 2.40. The van der Waals surface area contributed by atoms with Crippen LogP contribution in [0.1, 0.15) is 47.4 Å². The van der Waals surface area contributed by atoms with Gasteiger partial charge in [-0.05, 0) is 46.8 Å². The average molecular weight is 328 g/mol. The Labute approximate surface area is 136 Å². The summed E-state index contributed by atoms with van der Waals surface area (Å²) in [4.78, 5) is 13.2. The van der Waals surface area contributed by atoms with E-state index in [1.165, 1.54) is 0 Å². The number of hydrogen-bond acceptors (Lipinski definition) is 7. The molecule has 9 heteroatoms. The Morgan fingerprint density at radius 2 is 1.96 bits per heavy atom. The van der Waals surface area contributed by atoms with Crippen molar-refractivity contribution in [3.8, 4) is 0 Å². The van der Waals surface area contributed by atoms with Crippen molar-refractivity contribution in [2.24, 2.45) is 0 Å². The Morgan fingerprint density at radius 1 is 1.30 bits per heavy atom. The van der Waals surface area contributed by atoms with Crippen LogP contribution in [0.15, 0.2) is 0 Å². The van der Waals surface area contributed by atoms with Crippen LogP contribution in [0, 0.1) is 0 Å². The quantitative estimate of drug-likeness (QED) is 0.692. The van der Waals surface area contributed by atoms with Crippen LogP contribution in [0.25, 0.3) is 0 Å². The second-order valence-corrected chi connectivity index (χ2v) is 7.32. The van der Waals surface area contributed by atoms with Crippen molar-refractivity contribution in [2.45, 2.75) is 65.3 Å². The van der Waals surface area contributed by atoms with Gasteiger partial charge in [-0.25, -0.2) is 4.79 Å². The molecule has 1 rings (SSSR count). The van der Waals surface area contributed by atoms with Crippen molar-refractivity contribution < 1.29 is 14.6 Å². The summed E-state index contributed by atoms with van der Waals surface area (Å²) in [5.74, 6) is 0.550. The van der Waals surface area contributed by atoms with Gasteiger partial charge in [0.1, 0.15) is 5.60 Å². The van der Waals surface area contributed by atoms with E-state index in [0.717, 1.165) is 0 Å². The smallest absolute Gasteiger partial charge is 0.407 e. The summed E-state index contributed by atoms with van der Waals surface area (Å²) in [5, 5.41) is 27.2. The first kappa shape index (κ1) is 19.3. The standard InChI is InChI=1S/C14H28N6O3/c1-13(2,3)20-18-11(17-19-20)8-15-7-10(9-21)16-12(22)23-14(4,5)6/h10,15,21H,7-9H2,1-6H3,(H,16,22). The van der Waals surface area contributed by atoms with Crippen molar-refractivity contribution >= 4 is 6.09 Å². The number of nitrogens with zero attached hydrogens (tertiary/aromatic N) is 4. The summed E-state index contributed by atoms with van der Waals surface area (Å²) in [6.45, 7) is 11.8. The third kappa shape index (κ3) is 7.38. The first-order valence-electron chi connectivity index (χ1n) is 7.62. The summed E-state index contributed by atoms with van der Waals surface area (Å²) >= 11 is 0. The average Bonchev–Trinajstić information content (AvgIpc) is 2.84. The van der Waals surface area contributed by atoms with E-state index in [9.17, 15) is 9.90 Å².